The molecule has 0 saturated carbocycles. The first kappa shape index (κ1) is 60.5. The van der Waals surface area contributed by atoms with Gasteiger partial charge in [0.15, 0.2) is 12.1 Å². The maximum absolute atomic E-state index is 12.8. The molecule has 2 atom stereocenters. The molecule has 0 spiro atoms. The summed E-state index contributed by atoms with van der Waals surface area (Å²) < 4.78 is 17.4. The average Bonchev–Trinajstić information content (AvgIpc) is 3.24. The molecule has 0 aliphatic carbocycles. The van der Waals surface area contributed by atoms with Gasteiger partial charge < -0.3 is 23.8 Å². The summed E-state index contributed by atoms with van der Waals surface area (Å²) in [6, 6.07) is -0.617. The van der Waals surface area contributed by atoms with Crippen molar-refractivity contribution < 1.29 is 38.2 Å². The van der Waals surface area contributed by atoms with E-state index >= 15 is 0 Å². The minimum Gasteiger partial charge on any atom is -0.477 e. The summed E-state index contributed by atoms with van der Waals surface area (Å²) in [5.74, 6) is -1.48. The topological polar surface area (TPSA) is 99.1 Å². The van der Waals surface area contributed by atoms with Crippen LogP contribution in [-0.2, 0) is 28.6 Å². The molecule has 0 aromatic carbocycles. The molecule has 0 aliphatic rings. The molecule has 0 amide bonds. The van der Waals surface area contributed by atoms with Gasteiger partial charge in [-0.05, 0) is 70.6 Å². The zero-order valence-corrected chi connectivity index (χ0v) is 42.0. The van der Waals surface area contributed by atoms with E-state index in [4.69, 9.17) is 14.2 Å². The molecule has 1 N–H and O–H groups in total. The minimum atomic E-state index is -0.876. The summed E-state index contributed by atoms with van der Waals surface area (Å²) in [7, 11) is 5.53. The van der Waals surface area contributed by atoms with Gasteiger partial charge >= 0.3 is 17.9 Å². The zero-order chi connectivity index (χ0) is 46.3. The second-order valence-corrected chi connectivity index (χ2v) is 19.1. The number of likely N-dealkylation sites (N-methyl/N-ethyl adjacent to an activating group) is 1. The van der Waals surface area contributed by atoms with Crippen molar-refractivity contribution in [2.45, 2.75) is 257 Å². The summed E-state index contributed by atoms with van der Waals surface area (Å²) in [4.78, 5) is 37.2. The lowest BCUT2D eigenvalue weighted by molar-refractivity contribution is -0.887. The van der Waals surface area contributed by atoms with Crippen LogP contribution in [-0.4, -0.2) is 80.6 Å². The molecule has 0 aromatic rings. The molecule has 0 heterocycles. The third kappa shape index (κ3) is 44.5. The maximum atomic E-state index is 12.8. The Morgan fingerprint density at radius 3 is 1.24 bits per heavy atom. The Bertz CT molecular complexity index is 1130. The predicted molar refractivity (Wildman–Crippen MR) is 266 cm³/mol. The predicted octanol–water partition coefficient (Wildman–Crippen LogP) is 15.4. The van der Waals surface area contributed by atoms with E-state index < -0.39 is 18.1 Å². The van der Waals surface area contributed by atoms with Crippen LogP contribution < -0.4 is 0 Å². The molecule has 8 nitrogen and oxygen atoms in total. The van der Waals surface area contributed by atoms with Crippen LogP contribution in [0.2, 0.25) is 0 Å². The third-order valence-electron chi connectivity index (χ3n) is 12.0. The van der Waals surface area contributed by atoms with E-state index in [0.717, 1.165) is 57.8 Å². The quantitative estimate of drug-likeness (QED) is 0.0281. The van der Waals surface area contributed by atoms with Crippen molar-refractivity contribution in [1.29, 1.82) is 0 Å². The van der Waals surface area contributed by atoms with Gasteiger partial charge in [0.05, 0.1) is 34.4 Å². The Balaban J connectivity index is 4.24. The number of unbranched alkanes of at least 4 members (excludes halogenated alkanes) is 28. The van der Waals surface area contributed by atoms with Gasteiger partial charge in [0.2, 0.25) is 0 Å². The Morgan fingerprint density at radius 1 is 0.476 bits per heavy atom. The molecule has 0 saturated heterocycles. The van der Waals surface area contributed by atoms with Crippen molar-refractivity contribution in [2.24, 2.45) is 0 Å². The van der Waals surface area contributed by atoms with E-state index in [-0.39, 0.29) is 36.2 Å². The van der Waals surface area contributed by atoms with Gasteiger partial charge in [0.1, 0.15) is 6.61 Å². The van der Waals surface area contributed by atoms with Gasteiger partial charge in [-0.1, -0.05) is 192 Å². The van der Waals surface area contributed by atoms with E-state index in [1.54, 1.807) is 0 Å². The van der Waals surface area contributed by atoms with E-state index in [2.05, 4.69) is 50.3 Å². The Hall–Kier alpha value is -2.45. The molecule has 2 unspecified atom stereocenters. The van der Waals surface area contributed by atoms with Crippen molar-refractivity contribution >= 4 is 17.9 Å². The first-order valence-electron chi connectivity index (χ1n) is 26.5. The first-order valence-corrected chi connectivity index (χ1v) is 26.5. The summed E-state index contributed by atoms with van der Waals surface area (Å²) in [6.45, 7) is 4.75. The van der Waals surface area contributed by atoms with Gasteiger partial charge in [-0.3, -0.25) is 9.59 Å². The van der Waals surface area contributed by atoms with Crippen LogP contribution >= 0.6 is 0 Å². The number of aliphatic carboxylic acids is 1. The molecule has 0 rings (SSSR count). The molecule has 368 valence electrons. The second kappa shape index (κ2) is 46.1. The van der Waals surface area contributed by atoms with Gasteiger partial charge in [-0.25, -0.2) is 4.79 Å². The van der Waals surface area contributed by atoms with Gasteiger partial charge in [0, 0.05) is 19.3 Å². The van der Waals surface area contributed by atoms with Crippen LogP contribution in [0, 0.1) is 0 Å². The lowest BCUT2D eigenvalue weighted by atomic mass is 10.1. The number of carbonyl (C=O) groups excluding carboxylic acids is 2. The number of carboxylic acids is 1. The summed E-state index contributed by atoms with van der Waals surface area (Å²) in [5, 5.41) is 9.65. The maximum Gasteiger partial charge on any atom is 0.362 e. The molecule has 0 radical (unpaired) electrons. The van der Waals surface area contributed by atoms with Gasteiger partial charge in [-0.15, -0.1) is 0 Å². The van der Waals surface area contributed by atoms with Crippen LogP contribution in [0.25, 0.3) is 0 Å². The number of nitrogens with zero attached hydrogens (tertiary/aromatic N) is 1. The van der Waals surface area contributed by atoms with Crippen molar-refractivity contribution in [3.05, 3.63) is 36.5 Å². The van der Waals surface area contributed by atoms with Gasteiger partial charge in [0.25, 0.3) is 0 Å². The summed E-state index contributed by atoms with van der Waals surface area (Å²) >= 11 is 0. The lowest BCUT2D eigenvalue weighted by Gasteiger charge is -2.31. The van der Waals surface area contributed by atoms with Crippen LogP contribution in [0.3, 0.4) is 0 Å². The molecule has 63 heavy (non-hydrogen) atoms. The van der Waals surface area contributed by atoms with E-state index in [1.807, 2.05) is 21.1 Å². The second-order valence-electron chi connectivity index (χ2n) is 19.1. The zero-order valence-electron chi connectivity index (χ0n) is 42.0. The fraction of sp³-hybridized carbons (Fsp3) is 0.836. The molecule has 0 aliphatic heterocycles. The van der Waals surface area contributed by atoms with Crippen molar-refractivity contribution in [3.63, 3.8) is 0 Å². The number of carbonyl (C=O) groups is 3. The molecular weight excluding hydrogens is 787 g/mol. The SMILES string of the molecule is CCCCCCCCC/C=C/CCCCCCCC(=O)OCC(COCCC(C(=O)O)[N+](C)(C)C)OC(=O)CCCCCCCCC/C=C/C/C=C/CCCCCCCCCCC. The van der Waals surface area contributed by atoms with Crippen LogP contribution in [0.15, 0.2) is 36.5 Å². The number of ether oxygens (including phenoxy) is 3. The lowest BCUT2D eigenvalue weighted by Crippen LogP contribution is -2.50. The third-order valence-corrected chi connectivity index (χ3v) is 12.0. The fourth-order valence-electron chi connectivity index (χ4n) is 7.88. The van der Waals surface area contributed by atoms with E-state index in [1.165, 1.54) is 154 Å². The van der Waals surface area contributed by atoms with Gasteiger partial charge in [-0.2, -0.15) is 0 Å². The monoisotopic (exact) mass is 889 g/mol. The number of esters is 2. The number of hydrogen-bond donors (Lipinski definition) is 1. The normalized spacial score (nSPS) is 13.1. The summed E-state index contributed by atoms with van der Waals surface area (Å²) in [6.07, 6.45) is 54.8. The molecular formula is C55H102NO7+. The van der Waals surface area contributed by atoms with E-state index in [0.29, 0.717) is 19.3 Å². The Labute approximate surface area is 389 Å². The summed E-state index contributed by atoms with van der Waals surface area (Å²) in [5.41, 5.74) is 0. The Kier molecular flexibility index (Phi) is 44.3. The molecule has 0 bridgehead atoms. The number of hydrogen-bond acceptors (Lipinski definition) is 6. The highest BCUT2D eigenvalue weighted by atomic mass is 16.6. The number of carboxylic acid groups (broad SMARTS) is 1. The smallest absolute Gasteiger partial charge is 0.362 e. The van der Waals surface area contributed by atoms with Crippen molar-refractivity contribution in [2.75, 3.05) is 41.0 Å². The van der Waals surface area contributed by atoms with Crippen molar-refractivity contribution in [1.82, 2.24) is 0 Å². The molecule has 0 fully saturated rings. The largest absolute Gasteiger partial charge is 0.477 e. The van der Waals surface area contributed by atoms with E-state index in [9.17, 15) is 19.5 Å². The highest BCUT2D eigenvalue weighted by Gasteiger charge is 2.31. The van der Waals surface area contributed by atoms with Crippen LogP contribution in [0.4, 0.5) is 0 Å². The van der Waals surface area contributed by atoms with Crippen LogP contribution in [0.5, 0.6) is 0 Å². The average molecular weight is 889 g/mol. The highest BCUT2D eigenvalue weighted by Crippen LogP contribution is 2.15. The van der Waals surface area contributed by atoms with Crippen molar-refractivity contribution in [3.8, 4) is 0 Å². The standard InChI is InChI=1S/C55H101NO7/c1-6-8-10-12-14-16-18-20-22-24-25-26-27-28-29-30-32-34-36-38-40-42-44-46-54(58)63-51(49-61-48-47-52(55(59)60)56(3,4)5)50-62-53(57)45-43-41-39-37-35-33-31-23-21-19-17-15-13-11-9-7-2/h23,25-26,28-29,31,51-52H,6-22,24,27,30,32-50H2,1-5H3/p+1/b26-25+,29-28+,31-23+. The molecule has 8 heteroatoms. The number of quaternary nitrogens is 1. The highest BCUT2D eigenvalue weighted by molar-refractivity contribution is 5.72. The number of allylic oxidation sites excluding steroid dienone is 6. The minimum absolute atomic E-state index is 0.0568. The number of rotatable bonds is 48. The van der Waals surface area contributed by atoms with Crippen LogP contribution in [0.1, 0.15) is 245 Å². The molecule has 0 aromatic heterocycles. The fourth-order valence-corrected chi connectivity index (χ4v) is 7.88. The Morgan fingerprint density at radius 2 is 0.841 bits per heavy atom. The first-order chi connectivity index (χ1) is 30.6.